The molecule has 2 amide bonds. The maximum Gasteiger partial charge on any atom is 0.336 e. The number of aromatic carboxylic acids is 1. The molecule has 8 nitrogen and oxygen atoms in total. The lowest BCUT2D eigenvalue weighted by Gasteiger charge is -2.29. The smallest absolute Gasteiger partial charge is 0.336 e. The molecule has 8 heteroatoms. The van der Waals surface area contributed by atoms with Gasteiger partial charge in [0.1, 0.15) is 11.7 Å². The average molecular weight is 487 g/mol. The maximum absolute atomic E-state index is 13.8. The van der Waals surface area contributed by atoms with E-state index >= 15 is 0 Å². The number of fused-ring (bicyclic) bond motifs is 1. The van der Waals surface area contributed by atoms with Gasteiger partial charge in [-0.05, 0) is 54.4 Å². The van der Waals surface area contributed by atoms with Crippen molar-refractivity contribution >= 4 is 29.2 Å². The van der Waals surface area contributed by atoms with Crippen molar-refractivity contribution in [1.29, 1.82) is 0 Å². The highest BCUT2D eigenvalue weighted by Crippen LogP contribution is 2.48. The number of nitrogens with zero attached hydrogens (tertiary/aromatic N) is 2. The Bertz CT molecular complexity index is 1280. The molecule has 1 N–H and O–H groups in total. The summed E-state index contributed by atoms with van der Waals surface area (Å²) in [5.74, 6) is -2.30. The Labute approximate surface area is 208 Å². The van der Waals surface area contributed by atoms with Crippen molar-refractivity contribution in [2.45, 2.75) is 31.9 Å². The van der Waals surface area contributed by atoms with E-state index in [0.717, 1.165) is 17.7 Å². The summed E-state index contributed by atoms with van der Waals surface area (Å²) in [6.07, 6.45) is 0.872. The van der Waals surface area contributed by atoms with E-state index in [1.807, 2.05) is 18.2 Å². The minimum atomic E-state index is -1.12. The minimum absolute atomic E-state index is 0.0555. The highest BCUT2D eigenvalue weighted by molar-refractivity contribution is 6.24. The van der Waals surface area contributed by atoms with E-state index in [4.69, 9.17) is 9.57 Å². The van der Waals surface area contributed by atoms with Crippen LogP contribution >= 0.6 is 0 Å². The number of carbonyl (C=O) groups is 3. The fourth-order valence-electron chi connectivity index (χ4n) is 4.76. The minimum Gasteiger partial charge on any atom is -0.494 e. The molecule has 0 unspecified atom stereocenters. The van der Waals surface area contributed by atoms with Crippen LogP contribution in [0.1, 0.15) is 41.7 Å². The first-order valence-corrected chi connectivity index (χ1v) is 11.9. The second-order valence-electron chi connectivity index (χ2n) is 8.76. The number of para-hydroxylation sites is 1. The van der Waals surface area contributed by atoms with Gasteiger partial charge in [0.15, 0.2) is 6.10 Å². The third-order valence-corrected chi connectivity index (χ3v) is 6.50. The zero-order chi connectivity index (χ0) is 25.2. The number of rotatable bonds is 8. The van der Waals surface area contributed by atoms with Gasteiger partial charge < -0.3 is 9.84 Å². The van der Waals surface area contributed by atoms with E-state index in [0.29, 0.717) is 29.3 Å². The Hall–Kier alpha value is -4.17. The van der Waals surface area contributed by atoms with Crippen molar-refractivity contribution in [1.82, 2.24) is 0 Å². The van der Waals surface area contributed by atoms with Crippen LogP contribution in [0.5, 0.6) is 5.75 Å². The van der Waals surface area contributed by atoms with Gasteiger partial charge in [-0.2, -0.15) is 0 Å². The third-order valence-electron chi connectivity index (χ3n) is 6.50. The van der Waals surface area contributed by atoms with Crippen LogP contribution in [0.25, 0.3) is 0 Å². The number of carboxylic acid groups (broad SMARTS) is 1. The highest BCUT2D eigenvalue weighted by atomic mass is 16.7. The van der Waals surface area contributed by atoms with Crippen molar-refractivity contribution in [2.75, 3.05) is 16.6 Å². The zero-order valence-corrected chi connectivity index (χ0v) is 19.7. The Morgan fingerprint density at radius 2 is 1.61 bits per heavy atom. The number of carboxylic acids is 1. The van der Waals surface area contributed by atoms with Crippen molar-refractivity contribution < 1.29 is 29.1 Å². The lowest BCUT2D eigenvalue weighted by Crippen LogP contribution is -2.37. The van der Waals surface area contributed by atoms with E-state index in [1.54, 1.807) is 54.6 Å². The Morgan fingerprint density at radius 3 is 2.31 bits per heavy atom. The first-order chi connectivity index (χ1) is 17.5. The van der Waals surface area contributed by atoms with Crippen molar-refractivity contribution in [2.24, 2.45) is 5.92 Å². The van der Waals surface area contributed by atoms with Gasteiger partial charge in [-0.25, -0.2) is 14.8 Å². The van der Waals surface area contributed by atoms with Gasteiger partial charge in [-0.15, -0.1) is 0 Å². The van der Waals surface area contributed by atoms with Gasteiger partial charge in [-0.3, -0.25) is 14.4 Å². The van der Waals surface area contributed by atoms with E-state index in [-0.39, 0.29) is 5.56 Å². The van der Waals surface area contributed by atoms with Crippen LogP contribution < -0.4 is 14.7 Å². The molecule has 36 heavy (non-hydrogen) atoms. The highest BCUT2D eigenvalue weighted by Gasteiger charge is 2.60. The molecule has 0 aromatic heterocycles. The third kappa shape index (κ3) is 4.09. The number of hydrogen-bond acceptors (Lipinski definition) is 6. The molecule has 0 spiro atoms. The molecular weight excluding hydrogens is 460 g/mol. The predicted molar refractivity (Wildman–Crippen MR) is 133 cm³/mol. The molecule has 3 aromatic carbocycles. The van der Waals surface area contributed by atoms with Crippen LogP contribution in [0.3, 0.4) is 0 Å². The summed E-state index contributed by atoms with van der Waals surface area (Å²) in [5.41, 5.74) is 1.50. The lowest BCUT2D eigenvalue weighted by molar-refractivity contribution is -0.126. The number of hydrogen-bond donors (Lipinski definition) is 1. The van der Waals surface area contributed by atoms with E-state index < -0.39 is 35.8 Å². The quantitative estimate of drug-likeness (QED) is 0.367. The number of ether oxygens (including phenoxy) is 1. The second kappa shape index (κ2) is 9.83. The van der Waals surface area contributed by atoms with Crippen LogP contribution in [0, 0.1) is 5.92 Å². The number of benzene rings is 3. The van der Waals surface area contributed by atoms with Crippen LogP contribution in [0.2, 0.25) is 0 Å². The Kier molecular flexibility index (Phi) is 6.43. The monoisotopic (exact) mass is 486 g/mol. The number of anilines is 2. The Balaban J connectivity index is 1.51. The molecule has 2 fully saturated rings. The fourth-order valence-corrected chi connectivity index (χ4v) is 4.76. The molecule has 0 radical (unpaired) electrons. The molecule has 2 aliphatic rings. The molecule has 0 saturated carbocycles. The number of hydroxylamine groups is 1. The summed E-state index contributed by atoms with van der Waals surface area (Å²) in [6.45, 7) is 2.67. The Morgan fingerprint density at radius 1 is 0.917 bits per heavy atom. The average Bonchev–Trinajstić information content (AvgIpc) is 3.41. The normalized spacial score (nSPS) is 21.1. The first kappa shape index (κ1) is 23.6. The predicted octanol–water partition coefficient (Wildman–Crippen LogP) is 4.61. The summed E-state index contributed by atoms with van der Waals surface area (Å²) in [7, 11) is 0. The summed E-state index contributed by atoms with van der Waals surface area (Å²) in [6, 6.07) is 21.6. The summed E-state index contributed by atoms with van der Waals surface area (Å²) >= 11 is 0. The summed E-state index contributed by atoms with van der Waals surface area (Å²) < 4.78 is 5.69. The number of amides is 2. The van der Waals surface area contributed by atoms with Crippen LogP contribution in [0.15, 0.2) is 78.9 Å². The molecule has 2 saturated heterocycles. The second-order valence-corrected chi connectivity index (χ2v) is 8.76. The van der Waals surface area contributed by atoms with Crippen LogP contribution in [-0.2, 0) is 14.4 Å². The van der Waals surface area contributed by atoms with Gasteiger partial charge in [0.25, 0.3) is 5.91 Å². The van der Waals surface area contributed by atoms with Crippen LogP contribution in [-0.4, -0.2) is 35.6 Å². The lowest BCUT2D eigenvalue weighted by atomic mass is 9.88. The topological polar surface area (TPSA) is 96.4 Å². The number of carbonyl (C=O) groups excluding carboxylic acids is 2. The zero-order valence-electron chi connectivity index (χ0n) is 19.7. The molecule has 2 aliphatic heterocycles. The first-order valence-electron chi connectivity index (χ1n) is 11.9. The van der Waals surface area contributed by atoms with Gasteiger partial charge in [0.2, 0.25) is 5.91 Å². The van der Waals surface area contributed by atoms with Gasteiger partial charge >= 0.3 is 5.97 Å². The molecule has 0 bridgehead atoms. The molecule has 0 aliphatic carbocycles. The fraction of sp³-hybridized carbons (Fsp3) is 0.250. The molecule has 2 heterocycles. The van der Waals surface area contributed by atoms with E-state index in [1.165, 1.54) is 11.1 Å². The number of unbranched alkanes of at least 4 members (excludes halogenated alkanes) is 1. The maximum atomic E-state index is 13.8. The van der Waals surface area contributed by atoms with E-state index in [9.17, 15) is 19.5 Å². The van der Waals surface area contributed by atoms with Gasteiger partial charge in [0.05, 0.1) is 29.6 Å². The molecule has 3 aromatic rings. The standard InChI is InChI=1S/C28H26N2O6/c1-2-3-17-35-20-15-13-18(14-16-20)29-26(31)23-24(21-11-7-8-12-22(21)28(33)34)30(36-25(23)27(29)32)19-9-5-4-6-10-19/h4-16,23-25H,2-3,17H2,1H3,(H,33,34)/t23-,24+,25-/m1/s1. The molecular formula is C28H26N2O6. The summed E-state index contributed by atoms with van der Waals surface area (Å²) in [5, 5.41) is 11.3. The van der Waals surface area contributed by atoms with Crippen molar-refractivity contribution in [3.8, 4) is 5.75 Å². The van der Waals surface area contributed by atoms with Gasteiger partial charge in [-0.1, -0.05) is 49.7 Å². The summed E-state index contributed by atoms with van der Waals surface area (Å²) in [4.78, 5) is 46.5. The van der Waals surface area contributed by atoms with Crippen LogP contribution in [0.4, 0.5) is 11.4 Å². The molecule has 184 valence electrons. The largest absolute Gasteiger partial charge is 0.494 e. The van der Waals surface area contributed by atoms with Crippen molar-refractivity contribution in [3.63, 3.8) is 0 Å². The SMILES string of the molecule is CCCCOc1ccc(N2C(=O)[C@H]3[C@@H](ON(c4ccccc4)[C@H]3c3ccccc3C(=O)O)C2=O)cc1. The number of imide groups is 1. The molecule has 3 atom stereocenters. The van der Waals surface area contributed by atoms with Crippen molar-refractivity contribution in [3.05, 3.63) is 90.0 Å². The van der Waals surface area contributed by atoms with Gasteiger partial charge in [0, 0.05) is 0 Å². The van der Waals surface area contributed by atoms with E-state index in [2.05, 4.69) is 6.92 Å². The molecule has 5 rings (SSSR count).